The average molecular weight is 374 g/mol. The summed E-state index contributed by atoms with van der Waals surface area (Å²) >= 11 is 0. The minimum atomic E-state index is 0.454. The quantitative estimate of drug-likeness (QED) is 0.373. The molecule has 8 heteroatoms. The first-order valence-electron chi connectivity index (χ1n) is 9.15. The molecule has 0 saturated carbocycles. The predicted octanol–water partition coefficient (Wildman–Crippen LogP) is 1.58. The molecule has 0 amide bonds. The van der Waals surface area contributed by atoms with Crippen LogP contribution < -0.4 is 15.4 Å². The van der Waals surface area contributed by atoms with Crippen molar-refractivity contribution in [3.05, 3.63) is 41.5 Å². The molecule has 2 N–H and O–H groups in total. The summed E-state index contributed by atoms with van der Waals surface area (Å²) in [6.07, 6.45) is 0.903. The number of ether oxygens (including phenoxy) is 2. The van der Waals surface area contributed by atoms with Crippen molar-refractivity contribution in [1.29, 1.82) is 0 Å². The first-order chi connectivity index (χ1) is 13.1. The van der Waals surface area contributed by atoms with Crippen LogP contribution in [0.5, 0.6) is 5.75 Å². The van der Waals surface area contributed by atoms with Crippen molar-refractivity contribution in [3.8, 4) is 5.75 Å². The van der Waals surface area contributed by atoms with Gasteiger partial charge >= 0.3 is 0 Å². The van der Waals surface area contributed by atoms with Gasteiger partial charge in [0.1, 0.15) is 24.7 Å². The summed E-state index contributed by atoms with van der Waals surface area (Å²) in [5.41, 5.74) is 1.22. The van der Waals surface area contributed by atoms with E-state index in [9.17, 15) is 0 Å². The van der Waals surface area contributed by atoms with E-state index in [-0.39, 0.29) is 0 Å². The summed E-state index contributed by atoms with van der Waals surface area (Å²) in [5.74, 6) is 3.28. The van der Waals surface area contributed by atoms with Crippen LogP contribution in [0.25, 0.3) is 0 Å². The molecule has 1 aromatic heterocycles. The van der Waals surface area contributed by atoms with E-state index in [2.05, 4.69) is 32.7 Å². The lowest BCUT2D eigenvalue weighted by atomic mass is 10.2. The second-order valence-corrected chi connectivity index (χ2v) is 6.25. The molecule has 2 aromatic rings. The maximum absolute atomic E-state index is 5.75. The van der Waals surface area contributed by atoms with Gasteiger partial charge in [-0.15, -0.1) is 10.2 Å². The fourth-order valence-electron chi connectivity index (χ4n) is 2.31. The Morgan fingerprint density at radius 1 is 1.07 bits per heavy atom. The highest BCUT2D eigenvalue weighted by atomic mass is 16.5. The molecule has 0 aliphatic heterocycles. The number of nitrogens with one attached hydrogen (secondary N) is 2. The van der Waals surface area contributed by atoms with Crippen molar-refractivity contribution >= 4 is 5.96 Å². The third kappa shape index (κ3) is 7.26. The lowest BCUT2D eigenvalue weighted by Crippen LogP contribution is -2.40. The molecule has 0 fully saturated rings. The zero-order chi connectivity index (χ0) is 19.5. The Balaban J connectivity index is 1.83. The normalized spacial score (nSPS) is 11.5. The summed E-state index contributed by atoms with van der Waals surface area (Å²) in [7, 11) is 3.64. The molecule has 0 saturated heterocycles. The lowest BCUT2D eigenvalue weighted by molar-refractivity contribution is 0.195. The Kier molecular flexibility index (Phi) is 8.57. The number of aromatic nitrogens is 3. The van der Waals surface area contributed by atoms with E-state index in [1.54, 1.807) is 7.11 Å². The van der Waals surface area contributed by atoms with Crippen LogP contribution in [0.15, 0.2) is 29.3 Å². The van der Waals surface area contributed by atoms with E-state index in [0.717, 1.165) is 36.3 Å². The second kappa shape index (κ2) is 11.2. The van der Waals surface area contributed by atoms with Crippen molar-refractivity contribution in [2.75, 3.05) is 33.4 Å². The van der Waals surface area contributed by atoms with Crippen molar-refractivity contribution in [3.63, 3.8) is 0 Å². The highest BCUT2D eigenvalue weighted by molar-refractivity contribution is 5.79. The topological polar surface area (TPSA) is 85.6 Å². The molecule has 27 heavy (non-hydrogen) atoms. The summed E-state index contributed by atoms with van der Waals surface area (Å²) in [6.45, 7) is 7.10. The number of aryl methyl sites for hydroxylation is 2. The van der Waals surface area contributed by atoms with Gasteiger partial charge in [-0.05, 0) is 32.4 Å². The van der Waals surface area contributed by atoms with Gasteiger partial charge in [-0.25, -0.2) is 4.99 Å². The third-order valence-corrected chi connectivity index (χ3v) is 4.06. The molecule has 8 nitrogen and oxygen atoms in total. The van der Waals surface area contributed by atoms with Crippen LogP contribution in [0.3, 0.4) is 0 Å². The molecule has 0 aliphatic carbocycles. The largest absolute Gasteiger partial charge is 0.492 e. The van der Waals surface area contributed by atoms with Gasteiger partial charge in [-0.1, -0.05) is 17.7 Å². The summed E-state index contributed by atoms with van der Waals surface area (Å²) in [5, 5.41) is 14.8. The van der Waals surface area contributed by atoms with E-state index >= 15 is 0 Å². The summed E-state index contributed by atoms with van der Waals surface area (Å²) in [6, 6.07) is 8.03. The van der Waals surface area contributed by atoms with Crippen LogP contribution in [0.1, 0.15) is 23.6 Å². The number of guanidine groups is 1. The first kappa shape index (κ1) is 20.7. The molecular formula is C19H30N6O2. The number of rotatable bonds is 10. The molecule has 148 valence electrons. The maximum Gasteiger partial charge on any atom is 0.191 e. The van der Waals surface area contributed by atoms with E-state index in [1.165, 1.54) is 5.56 Å². The molecule has 1 heterocycles. The van der Waals surface area contributed by atoms with Crippen molar-refractivity contribution < 1.29 is 9.47 Å². The summed E-state index contributed by atoms with van der Waals surface area (Å²) < 4.78 is 12.8. The zero-order valence-corrected chi connectivity index (χ0v) is 16.7. The number of hydrogen-bond donors (Lipinski definition) is 2. The van der Waals surface area contributed by atoms with Gasteiger partial charge in [0.15, 0.2) is 11.8 Å². The van der Waals surface area contributed by atoms with Gasteiger partial charge in [0.25, 0.3) is 0 Å². The Labute approximate surface area is 161 Å². The molecule has 0 radical (unpaired) electrons. The number of benzene rings is 1. The van der Waals surface area contributed by atoms with Crippen molar-refractivity contribution in [2.45, 2.75) is 26.8 Å². The molecule has 0 bridgehead atoms. The Morgan fingerprint density at radius 2 is 1.81 bits per heavy atom. The Bertz CT molecular complexity index is 711. The lowest BCUT2D eigenvalue weighted by Gasteiger charge is -2.13. The van der Waals surface area contributed by atoms with Gasteiger partial charge < -0.3 is 24.7 Å². The molecule has 0 spiro atoms. The molecule has 0 unspecified atom stereocenters. The Morgan fingerprint density at radius 3 is 2.48 bits per heavy atom. The Hall–Kier alpha value is -2.61. The molecule has 0 aliphatic rings. The molecular weight excluding hydrogens is 344 g/mol. The zero-order valence-electron chi connectivity index (χ0n) is 16.7. The summed E-state index contributed by atoms with van der Waals surface area (Å²) in [4.78, 5) is 4.60. The van der Waals surface area contributed by atoms with Crippen LogP contribution >= 0.6 is 0 Å². The van der Waals surface area contributed by atoms with E-state index in [1.807, 2.05) is 42.8 Å². The number of nitrogens with zero attached hydrogens (tertiary/aromatic N) is 4. The fraction of sp³-hybridized carbons (Fsp3) is 0.526. The van der Waals surface area contributed by atoms with Gasteiger partial charge in [0, 0.05) is 27.3 Å². The minimum Gasteiger partial charge on any atom is -0.492 e. The van der Waals surface area contributed by atoms with Crippen LogP contribution in [-0.2, 0) is 18.3 Å². The number of methoxy groups -OCH3 is 1. The number of hydrogen-bond acceptors (Lipinski definition) is 5. The monoisotopic (exact) mass is 374 g/mol. The van der Waals surface area contributed by atoms with Gasteiger partial charge in [0.2, 0.25) is 0 Å². The predicted molar refractivity (Wildman–Crippen MR) is 106 cm³/mol. The highest BCUT2D eigenvalue weighted by Gasteiger charge is 2.05. The van der Waals surface area contributed by atoms with E-state index in [4.69, 9.17) is 9.47 Å². The average Bonchev–Trinajstić information content (AvgIpc) is 2.99. The van der Waals surface area contributed by atoms with Gasteiger partial charge in [-0.2, -0.15) is 0 Å². The molecule has 2 rings (SSSR count). The SMILES string of the molecule is COCCCNC(=NCc1nnc(C)n1C)NCCOc1ccc(C)cc1. The van der Waals surface area contributed by atoms with E-state index in [0.29, 0.717) is 26.3 Å². The van der Waals surface area contributed by atoms with Crippen LogP contribution in [0.2, 0.25) is 0 Å². The molecule has 0 atom stereocenters. The van der Waals surface area contributed by atoms with Crippen molar-refractivity contribution in [1.82, 2.24) is 25.4 Å². The van der Waals surface area contributed by atoms with Crippen LogP contribution in [0, 0.1) is 13.8 Å². The van der Waals surface area contributed by atoms with Crippen LogP contribution in [-0.4, -0.2) is 54.1 Å². The molecule has 1 aromatic carbocycles. The second-order valence-electron chi connectivity index (χ2n) is 6.25. The standard InChI is InChI=1S/C19H30N6O2/c1-15-6-8-17(9-7-15)27-13-11-21-19(20-10-5-12-26-4)22-14-18-24-23-16(2)25(18)3/h6-9H,5,10-14H2,1-4H3,(H2,20,21,22). The fourth-order valence-corrected chi connectivity index (χ4v) is 2.31. The first-order valence-corrected chi connectivity index (χ1v) is 9.15. The minimum absolute atomic E-state index is 0.454. The van der Waals surface area contributed by atoms with Gasteiger partial charge in [-0.3, -0.25) is 0 Å². The third-order valence-electron chi connectivity index (χ3n) is 4.06. The smallest absolute Gasteiger partial charge is 0.191 e. The van der Waals surface area contributed by atoms with E-state index < -0.39 is 0 Å². The van der Waals surface area contributed by atoms with Crippen LogP contribution in [0.4, 0.5) is 0 Å². The highest BCUT2D eigenvalue weighted by Crippen LogP contribution is 2.10. The van der Waals surface area contributed by atoms with Crippen molar-refractivity contribution in [2.24, 2.45) is 12.0 Å². The number of aliphatic imine (C=N–C) groups is 1. The maximum atomic E-state index is 5.75. The van der Waals surface area contributed by atoms with Gasteiger partial charge in [0.05, 0.1) is 6.54 Å².